The molecular weight excluding hydrogens is 416 g/mol. The smallest absolute Gasteiger partial charge is 0.418 e. The fraction of sp³-hybridized carbons (Fsp3) is 0.136. The zero-order valence-electron chi connectivity index (χ0n) is 15.9. The highest BCUT2D eigenvalue weighted by atomic mass is 19.4. The molecule has 0 aliphatic rings. The number of carboxylic acid groups (broad SMARTS) is 1. The molecule has 0 bridgehead atoms. The van der Waals surface area contributed by atoms with Crippen molar-refractivity contribution in [2.75, 3.05) is 0 Å². The van der Waals surface area contributed by atoms with E-state index < -0.39 is 42.0 Å². The van der Waals surface area contributed by atoms with Gasteiger partial charge in [0.15, 0.2) is 0 Å². The van der Waals surface area contributed by atoms with Crippen molar-refractivity contribution in [3.63, 3.8) is 0 Å². The SMILES string of the molecule is O=C(O)c1cccc(C(=O)N[C@@H](c2ccc(CF)cc2)c2ncccc2C(F)(F)F)c1. The Kier molecular flexibility index (Phi) is 6.33. The van der Waals surface area contributed by atoms with Crippen LogP contribution in [0.5, 0.6) is 0 Å². The number of carbonyl (C=O) groups excluding carboxylic acids is 1. The summed E-state index contributed by atoms with van der Waals surface area (Å²) in [5, 5.41) is 11.6. The number of carbonyl (C=O) groups is 2. The minimum Gasteiger partial charge on any atom is -0.478 e. The van der Waals surface area contributed by atoms with Crippen LogP contribution in [0.1, 0.15) is 49.1 Å². The van der Waals surface area contributed by atoms with E-state index in [2.05, 4.69) is 10.3 Å². The van der Waals surface area contributed by atoms with Crippen LogP contribution in [0.3, 0.4) is 0 Å². The van der Waals surface area contributed by atoms with Gasteiger partial charge in [0.2, 0.25) is 0 Å². The number of halogens is 4. The normalized spacial score (nSPS) is 12.3. The first-order valence-electron chi connectivity index (χ1n) is 9.02. The summed E-state index contributed by atoms with van der Waals surface area (Å²) in [5.74, 6) is -2.04. The van der Waals surface area contributed by atoms with E-state index in [1.54, 1.807) is 0 Å². The number of benzene rings is 2. The largest absolute Gasteiger partial charge is 0.478 e. The van der Waals surface area contributed by atoms with Gasteiger partial charge in [0.05, 0.1) is 22.9 Å². The van der Waals surface area contributed by atoms with Crippen molar-refractivity contribution in [1.82, 2.24) is 10.3 Å². The summed E-state index contributed by atoms with van der Waals surface area (Å²) in [4.78, 5) is 27.8. The maximum atomic E-state index is 13.6. The molecule has 0 saturated carbocycles. The van der Waals surface area contributed by atoms with Crippen molar-refractivity contribution in [3.05, 3.63) is 100 Å². The van der Waals surface area contributed by atoms with Gasteiger partial charge in [-0.2, -0.15) is 13.2 Å². The second-order valence-electron chi connectivity index (χ2n) is 6.60. The standard InChI is InChI=1S/C22H16F4N2O3/c23-12-13-6-8-14(9-7-13)18(19-17(22(24,25)26)5-2-10-27-19)28-20(29)15-3-1-4-16(11-15)21(30)31/h1-11,18H,12H2,(H,28,29)(H,30,31)/t18-/m0/s1. The van der Waals surface area contributed by atoms with Crippen molar-refractivity contribution in [2.45, 2.75) is 18.9 Å². The molecule has 0 saturated heterocycles. The molecule has 1 atom stereocenters. The Morgan fingerprint density at radius 2 is 1.68 bits per heavy atom. The molecule has 1 aromatic heterocycles. The first kappa shape index (κ1) is 21.9. The number of hydrogen-bond acceptors (Lipinski definition) is 3. The Morgan fingerprint density at radius 1 is 1.00 bits per heavy atom. The number of carboxylic acids is 1. The van der Waals surface area contributed by atoms with Gasteiger partial charge >= 0.3 is 12.1 Å². The Bertz CT molecular complexity index is 1100. The van der Waals surface area contributed by atoms with Crippen LogP contribution in [-0.4, -0.2) is 22.0 Å². The van der Waals surface area contributed by atoms with E-state index in [0.717, 1.165) is 18.2 Å². The fourth-order valence-electron chi connectivity index (χ4n) is 3.00. The zero-order chi connectivity index (χ0) is 22.6. The monoisotopic (exact) mass is 432 g/mol. The predicted molar refractivity (Wildman–Crippen MR) is 103 cm³/mol. The Labute approximate surface area is 174 Å². The van der Waals surface area contributed by atoms with Gasteiger partial charge in [0.25, 0.3) is 5.91 Å². The van der Waals surface area contributed by atoms with E-state index in [1.807, 2.05) is 0 Å². The summed E-state index contributed by atoms with van der Waals surface area (Å²) in [6.07, 6.45) is -3.56. The molecule has 9 heteroatoms. The number of aromatic nitrogens is 1. The quantitative estimate of drug-likeness (QED) is 0.549. The molecule has 3 rings (SSSR count). The van der Waals surface area contributed by atoms with Crippen LogP contribution in [0.15, 0.2) is 66.9 Å². The highest BCUT2D eigenvalue weighted by Crippen LogP contribution is 2.35. The summed E-state index contributed by atoms with van der Waals surface area (Å²) in [6, 6.07) is 11.4. The van der Waals surface area contributed by atoms with Crippen LogP contribution < -0.4 is 5.32 Å². The molecule has 0 fully saturated rings. The Hall–Kier alpha value is -3.75. The van der Waals surface area contributed by atoms with Crippen LogP contribution in [0.25, 0.3) is 0 Å². The van der Waals surface area contributed by atoms with Gasteiger partial charge in [-0.25, -0.2) is 9.18 Å². The van der Waals surface area contributed by atoms with Gasteiger partial charge in [-0.1, -0.05) is 30.3 Å². The van der Waals surface area contributed by atoms with Crippen molar-refractivity contribution < 1.29 is 32.3 Å². The van der Waals surface area contributed by atoms with Crippen molar-refractivity contribution in [2.24, 2.45) is 0 Å². The average Bonchev–Trinajstić information content (AvgIpc) is 2.77. The molecular formula is C22H16F4N2O3. The van der Waals surface area contributed by atoms with Gasteiger partial charge in [-0.3, -0.25) is 9.78 Å². The third kappa shape index (κ3) is 5.06. The lowest BCUT2D eigenvalue weighted by atomic mass is 9.97. The minimum atomic E-state index is -4.73. The van der Waals surface area contributed by atoms with E-state index in [9.17, 15) is 27.2 Å². The van der Waals surface area contributed by atoms with Crippen molar-refractivity contribution in [1.29, 1.82) is 0 Å². The highest BCUT2D eigenvalue weighted by Gasteiger charge is 2.37. The summed E-state index contributed by atoms with van der Waals surface area (Å²) < 4.78 is 53.6. The average molecular weight is 432 g/mol. The molecule has 31 heavy (non-hydrogen) atoms. The molecule has 5 nitrogen and oxygen atoms in total. The molecule has 3 aromatic rings. The fourth-order valence-corrected chi connectivity index (χ4v) is 3.00. The van der Waals surface area contributed by atoms with Gasteiger partial charge in [-0.15, -0.1) is 0 Å². The molecule has 160 valence electrons. The van der Waals surface area contributed by atoms with Crippen LogP contribution in [0.4, 0.5) is 17.6 Å². The molecule has 0 radical (unpaired) electrons. The van der Waals surface area contributed by atoms with E-state index in [1.165, 1.54) is 48.7 Å². The number of rotatable bonds is 6. The number of aromatic carboxylic acids is 1. The van der Waals surface area contributed by atoms with Crippen LogP contribution in [0, 0.1) is 0 Å². The van der Waals surface area contributed by atoms with E-state index in [4.69, 9.17) is 5.11 Å². The van der Waals surface area contributed by atoms with Crippen molar-refractivity contribution in [3.8, 4) is 0 Å². The third-order valence-electron chi connectivity index (χ3n) is 4.53. The number of pyridine rings is 1. The van der Waals surface area contributed by atoms with E-state index in [-0.39, 0.29) is 16.7 Å². The number of hydrogen-bond donors (Lipinski definition) is 2. The van der Waals surface area contributed by atoms with Crippen LogP contribution >= 0.6 is 0 Å². The molecule has 2 aromatic carbocycles. The Morgan fingerprint density at radius 3 is 2.29 bits per heavy atom. The maximum Gasteiger partial charge on any atom is 0.418 e. The van der Waals surface area contributed by atoms with Gasteiger partial charge in [-0.05, 0) is 41.5 Å². The predicted octanol–water partition coefficient (Wildman–Crippen LogP) is 4.79. The molecule has 0 aliphatic carbocycles. The molecule has 1 heterocycles. The number of amides is 1. The van der Waals surface area contributed by atoms with Gasteiger partial charge in [0.1, 0.15) is 6.67 Å². The summed E-state index contributed by atoms with van der Waals surface area (Å²) in [6.45, 7) is -0.753. The molecule has 0 aliphatic heterocycles. The second kappa shape index (κ2) is 8.95. The third-order valence-corrected chi connectivity index (χ3v) is 4.53. The molecule has 0 spiro atoms. The molecule has 0 unspecified atom stereocenters. The minimum absolute atomic E-state index is 0.0465. The lowest BCUT2D eigenvalue weighted by Gasteiger charge is -2.22. The molecule has 1 amide bonds. The highest BCUT2D eigenvalue weighted by molar-refractivity contribution is 5.97. The lowest BCUT2D eigenvalue weighted by Crippen LogP contribution is -2.31. The Balaban J connectivity index is 2.06. The van der Waals surface area contributed by atoms with Crippen LogP contribution in [-0.2, 0) is 12.9 Å². The van der Waals surface area contributed by atoms with Gasteiger partial charge in [0, 0.05) is 11.8 Å². The number of nitrogens with one attached hydrogen (secondary N) is 1. The van der Waals surface area contributed by atoms with Crippen molar-refractivity contribution >= 4 is 11.9 Å². The van der Waals surface area contributed by atoms with E-state index in [0.29, 0.717) is 5.56 Å². The summed E-state index contributed by atoms with van der Waals surface area (Å²) >= 11 is 0. The van der Waals surface area contributed by atoms with Gasteiger partial charge < -0.3 is 10.4 Å². The topological polar surface area (TPSA) is 79.3 Å². The lowest BCUT2D eigenvalue weighted by molar-refractivity contribution is -0.138. The number of nitrogens with zero attached hydrogens (tertiary/aromatic N) is 1. The maximum absolute atomic E-state index is 13.6. The van der Waals surface area contributed by atoms with Crippen LogP contribution in [0.2, 0.25) is 0 Å². The summed E-state index contributed by atoms with van der Waals surface area (Å²) in [7, 11) is 0. The number of alkyl halides is 4. The van der Waals surface area contributed by atoms with E-state index >= 15 is 0 Å². The zero-order valence-corrected chi connectivity index (χ0v) is 15.9. The second-order valence-corrected chi connectivity index (χ2v) is 6.60. The first-order valence-corrected chi connectivity index (χ1v) is 9.02. The first-order chi connectivity index (χ1) is 14.7. The molecule has 2 N–H and O–H groups in total. The summed E-state index contributed by atoms with van der Waals surface area (Å²) in [5.41, 5.74) is -1.09.